The maximum atomic E-state index is 2.33. The van der Waals surface area contributed by atoms with Crippen LogP contribution in [-0.2, 0) is 0 Å². The quantitative estimate of drug-likeness (QED) is 0.663. The molecule has 10 heavy (non-hydrogen) atoms. The Balaban J connectivity index is 2.29. The van der Waals surface area contributed by atoms with Gasteiger partial charge in [0.1, 0.15) is 0 Å². The summed E-state index contributed by atoms with van der Waals surface area (Å²) in [5, 5.41) is 1.70. The van der Waals surface area contributed by atoms with E-state index in [1.54, 1.807) is 0 Å². The van der Waals surface area contributed by atoms with Crippen molar-refractivity contribution in [2.45, 2.75) is 28.9 Å². The number of hydrogen-bond donors (Lipinski definition) is 0. The largest absolute Gasteiger partial charge is 0.160 e. The first-order chi connectivity index (χ1) is 4.74. The first kappa shape index (κ1) is 9.14. The first-order valence-electron chi connectivity index (χ1n) is 3.54. The second-order valence-corrected chi connectivity index (χ2v) is 6.86. The molecule has 60 valence electrons. The highest BCUT2D eigenvalue weighted by Crippen LogP contribution is 2.42. The van der Waals surface area contributed by atoms with Crippen molar-refractivity contribution in [1.29, 1.82) is 0 Å². The van der Waals surface area contributed by atoms with Crippen LogP contribution in [0.15, 0.2) is 0 Å². The molecule has 1 aliphatic rings. The molecule has 3 heteroatoms. The SMILES string of the molecule is CSC(C)C1SCC(C)S1. The van der Waals surface area contributed by atoms with Gasteiger partial charge in [-0.2, -0.15) is 11.8 Å². The summed E-state index contributed by atoms with van der Waals surface area (Å²) in [4.78, 5) is 0. The zero-order valence-corrected chi connectivity index (χ0v) is 9.11. The summed E-state index contributed by atoms with van der Waals surface area (Å²) >= 11 is 6.25. The molecular formula is C7H14S3. The molecule has 0 nitrogen and oxygen atoms in total. The van der Waals surface area contributed by atoms with Gasteiger partial charge in [-0.25, -0.2) is 0 Å². The molecule has 3 atom stereocenters. The van der Waals surface area contributed by atoms with Crippen molar-refractivity contribution >= 4 is 35.3 Å². The van der Waals surface area contributed by atoms with Crippen molar-refractivity contribution in [3.63, 3.8) is 0 Å². The van der Waals surface area contributed by atoms with Crippen LogP contribution in [0.25, 0.3) is 0 Å². The highest BCUT2D eigenvalue weighted by molar-refractivity contribution is 8.21. The lowest BCUT2D eigenvalue weighted by Crippen LogP contribution is -2.08. The van der Waals surface area contributed by atoms with Crippen LogP contribution in [0.5, 0.6) is 0 Å². The fraction of sp³-hybridized carbons (Fsp3) is 1.00. The van der Waals surface area contributed by atoms with Crippen LogP contribution in [0.2, 0.25) is 0 Å². The molecule has 1 saturated heterocycles. The van der Waals surface area contributed by atoms with Crippen molar-refractivity contribution in [1.82, 2.24) is 0 Å². The van der Waals surface area contributed by atoms with E-state index in [9.17, 15) is 0 Å². The summed E-state index contributed by atoms with van der Waals surface area (Å²) in [5.74, 6) is 1.35. The van der Waals surface area contributed by atoms with E-state index < -0.39 is 0 Å². The Morgan fingerprint density at radius 2 is 2.30 bits per heavy atom. The van der Waals surface area contributed by atoms with Crippen LogP contribution in [0.1, 0.15) is 13.8 Å². The van der Waals surface area contributed by atoms with Gasteiger partial charge in [-0.1, -0.05) is 13.8 Å². The molecule has 0 amide bonds. The average molecular weight is 194 g/mol. The van der Waals surface area contributed by atoms with E-state index >= 15 is 0 Å². The molecule has 1 rings (SSSR count). The van der Waals surface area contributed by atoms with E-state index in [0.29, 0.717) is 0 Å². The molecule has 0 spiro atoms. The predicted octanol–water partition coefficient (Wildman–Crippen LogP) is 2.93. The Kier molecular flexibility index (Phi) is 3.81. The van der Waals surface area contributed by atoms with Crippen LogP contribution < -0.4 is 0 Å². The van der Waals surface area contributed by atoms with Gasteiger partial charge in [-0.3, -0.25) is 0 Å². The molecule has 3 unspecified atom stereocenters. The molecule has 1 aliphatic heterocycles. The van der Waals surface area contributed by atoms with Crippen LogP contribution in [0.4, 0.5) is 0 Å². The summed E-state index contributed by atoms with van der Waals surface area (Å²) in [6, 6.07) is 0. The van der Waals surface area contributed by atoms with Crippen molar-refractivity contribution < 1.29 is 0 Å². The first-order valence-corrected chi connectivity index (χ1v) is 6.82. The molecule has 0 N–H and O–H groups in total. The Bertz CT molecular complexity index is 105. The van der Waals surface area contributed by atoms with Gasteiger partial charge < -0.3 is 0 Å². The molecule has 0 aliphatic carbocycles. The van der Waals surface area contributed by atoms with E-state index in [1.165, 1.54) is 5.75 Å². The van der Waals surface area contributed by atoms with Crippen LogP contribution in [-0.4, -0.2) is 27.1 Å². The third-order valence-corrected chi connectivity index (χ3v) is 6.67. The van der Waals surface area contributed by atoms with Crippen LogP contribution in [0.3, 0.4) is 0 Å². The number of thioether (sulfide) groups is 3. The van der Waals surface area contributed by atoms with Gasteiger partial charge in [0.15, 0.2) is 0 Å². The van der Waals surface area contributed by atoms with E-state index in [2.05, 4.69) is 43.6 Å². The lowest BCUT2D eigenvalue weighted by atomic mass is 10.5. The molecule has 0 radical (unpaired) electrons. The average Bonchev–Trinajstić information content (AvgIpc) is 2.34. The van der Waals surface area contributed by atoms with E-state index in [1.807, 2.05) is 11.8 Å². The Labute approximate surface area is 76.3 Å². The normalized spacial score (nSPS) is 36.3. The van der Waals surface area contributed by atoms with Crippen LogP contribution in [0, 0.1) is 0 Å². The van der Waals surface area contributed by atoms with E-state index in [0.717, 1.165) is 15.1 Å². The van der Waals surface area contributed by atoms with Gasteiger partial charge in [0.25, 0.3) is 0 Å². The minimum atomic E-state index is 0.819. The standard InChI is InChI=1S/C7H14S3/c1-5-4-9-7(10-5)6(2)8-3/h5-7H,4H2,1-3H3. The summed E-state index contributed by atoms with van der Waals surface area (Å²) in [6.45, 7) is 4.65. The van der Waals surface area contributed by atoms with Gasteiger partial charge >= 0.3 is 0 Å². The van der Waals surface area contributed by atoms with Gasteiger partial charge in [-0.05, 0) is 6.26 Å². The van der Waals surface area contributed by atoms with E-state index in [-0.39, 0.29) is 0 Å². The van der Waals surface area contributed by atoms with Crippen molar-refractivity contribution in [2.24, 2.45) is 0 Å². The minimum absolute atomic E-state index is 0.819. The summed E-state index contributed by atoms with van der Waals surface area (Å²) in [6.07, 6.45) is 2.20. The molecule has 0 aromatic carbocycles. The maximum absolute atomic E-state index is 2.33. The molecular weight excluding hydrogens is 180 g/mol. The third-order valence-electron chi connectivity index (χ3n) is 1.62. The topological polar surface area (TPSA) is 0 Å². The molecule has 0 aromatic rings. The zero-order valence-electron chi connectivity index (χ0n) is 6.66. The summed E-state index contributed by atoms with van der Waals surface area (Å²) < 4.78 is 0.852. The molecule has 0 saturated carbocycles. The van der Waals surface area contributed by atoms with E-state index in [4.69, 9.17) is 0 Å². The Morgan fingerprint density at radius 3 is 2.70 bits per heavy atom. The fourth-order valence-electron chi connectivity index (χ4n) is 0.895. The highest BCUT2D eigenvalue weighted by atomic mass is 32.2. The van der Waals surface area contributed by atoms with Crippen molar-refractivity contribution in [3.05, 3.63) is 0 Å². The predicted molar refractivity (Wildman–Crippen MR) is 56.3 cm³/mol. The smallest absolute Gasteiger partial charge is 0.0621 e. The second-order valence-electron chi connectivity index (χ2n) is 2.59. The molecule has 0 bridgehead atoms. The summed E-state index contributed by atoms with van der Waals surface area (Å²) in [5.41, 5.74) is 0. The highest BCUT2D eigenvalue weighted by Gasteiger charge is 2.26. The third kappa shape index (κ3) is 2.28. The Hall–Kier alpha value is 1.05. The lowest BCUT2D eigenvalue weighted by Gasteiger charge is -2.14. The van der Waals surface area contributed by atoms with Gasteiger partial charge in [0.2, 0.25) is 0 Å². The minimum Gasteiger partial charge on any atom is -0.160 e. The second kappa shape index (κ2) is 4.17. The van der Waals surface area contributed by atoms with Crippen molar-refractivity contribution in [3.8, 4) is 0 Å². The van der Waals surface area contributed by atoms with Gasteiger partial charge in [0, 0.05) is 16.3 Å². The molecule has 1 heterocycles. The Morgan fingerprint density at radius 1 is 1.60 bits per heavy atom. The number of hydrogen-bond acceptors (Lipinski definition) is 3. The zero-order chi connectivity index (χ0) is 7.56. The number of rotatable bonds is 2. The summed E-state index contributed by atoms with van der Waals surface area (Å²) in [7, 11) is 0. The lowest BCUT2D eigenvalue weighted by molar-refractivity contribution is 1.09. The maximum Gasteiger partial charge on any atom is 0.0621 e. The monoisotopic (exact) mass is 194 g/mol. The molecule has 0 aromatic heterocycles. The fourth-order valence-corrected chi connectivity index (χ4v) is 5.29. The molecule has 1 fully saturated rings. The van der Waals surface area contributed by atoms with Gasteiger partial charge in [0.05, 0.1) is 4.58 Å². The van der Waals surface area contributed by atoms with Crippen molar-refractivity contribution in [2.75, 3.05) is 12.0 Å². The van der Waals surface area contributed by atoms with Gasteiger partial charge in [-0.15, -0.1) is 23.5 Å². The van der Waals surface area contributed by atoms with Crippen LogP contribution >= 0.6 is 35.3 Å².